The number of hydrogen-bond acceptors (Lipinski definition) is 2. The first-order valence-corrected chi connectivity index (χ1v) is 5.70. The number of nitrogens with zero attached hydrogens (tertiary/aromatic N) is 1. The van der Waals surface area contributed by atoms with Crippen LogP contribution >= 0.6 is 22.6 Å². The Bertz CT molecular complexity index is 119. The molecule has 1 fully saturated rings. The Labute approximate surface area is 82.4 Å². The smallest absolute Gasteiger partial charge is 0.0700 e. The van der Waals surface area contributed by atoms with Gasteiger partial charge in [0, 0.05) is 23.6 Å². The van der Waals surface area contributed by atoms with Crippen LogP contribution in [-0.2, 0) is 4.74 Å². The molecule has 11 heavy (non-hydrogen) atoms. The zero-order valence-electron chi connectivity index (χ0n) is 7.22. The third-order valence-corrected chi connectivity index (χ3v) is 2.87. The van der Waals surface area contributed by atoms with Crippen molar-refractivity contribution in [1.82, 2.24) is 4.90 Å². The van der Waals surface area contributed by atoms with Crippen LogP contribution in [0.5, 0.6) is 0 Å². The molecule has 0 radical (unpaired) electrons. The van der Waals surface area contributed by atoms with E-state index in [1.165, 1.54) is 11.0 Å². The Morgan fingerprint density at radius 3 is 2.91 bits per heavy atom. The summed E-state index contributed by atoms with van der Waals surface area (Å²) in [5, 5.41) is 0. The van der Waals surface area contributed by atoms with Crippen molar-refractivity contribution >= 4 is 22.6 Å². The topological polar surface area (TPSA) is 12.5 Å². The lowest BCUT2D eigenvalue weighted by atomic mass is 10.1. The van der Waals surface area contributed by atoms with Gasteiger partial charge in [0.1, 0.15) is 0 Å². The van der Waals surface area contributed by atoms with Crippen LogP contribution < -0.4 is 0 Å². The summed E-state index contributed by atoms with van der Waals surface area (Å²) >= 11 is 2.42. The molecule has 0 spiro atoms. The molecule has 0 bridgehead atoms. The quantitative estimate of drug-likeness (QED) is 0.557. The van der Waals surface area contributed by atoms with Crippen molar-refractivity contribution in [1.29, 1.82) is 0 Å². The van der Waals surface area contributed by atoms with Crippen molar-refractivity contribution in [2.24, 2.45) is 0 Å². The summed E-state index contributed by atoms with van der Waals surface area (Å²) in [6.45, 7) is 7.62. The van der Waals surface area contributed by atoms with Crippen LogP contribution in [0.2, 0.25) is 0 Å². The van der Waals surface area contributed by atoms with Gasteiger partial charge in [-0.05, 0) is 13.8 Å². The molecule has 0 amide bonds. The minimum atomic E-state index is 0.409. The zero-order chi connectivity index (χ0) is 8.27. The normalized spacial score (nSPS) is 34.1. The van der Waals surface area contributed by atoms with Crippen LogP contribution in [-0.4, -0.2) is 41.2 Å². The maximum atomic E-state index is 5.52. The molecule has 0 N–H and O–H groups in total. The van der Waals surface area contributed by atoms with E-state index in [0.717, 1.165) is 13.2 Å². The second-order valence-corrected chi connectivity index (χ2v) is 4.12. The van der Waals surface area contributed by atoms with Crippen molar-refractivity contribution < 1.29 is 4.74 Å². The molecule has 1 aliphatic heterocycles. The van der Waals surface area contributed by atoms with E-state index in [4.69, 9.17) is 4.74 Å². The van der Waals surface area contributed by atoms with Gasteiger partial charge in [-0.3, -0.25) is 4.90 Å². The van der Waals surface area contributed by atoms with Crippen LogP contribution in [0.4, 0.5) is 0 Å². The van der Waals surface area contributed by atoms with Crippen molar-refractivity contribution in [3.63, 3.8) is 0 Å². The van der Waals surface area contributed by atoms with Crippen LogP contribution in [0.25, 0.3) is 0 Å². The standard InChI is InChI=1S/C8H16INO/c1-7-8(2)11-6-5-10(7)4-3-9/h7-8H,3-6H2,1-2H3. The van der Waals surface area contributed by atoms with E-state index in [2.05, 4.69) is 41.3 Å². The van der Waals surface area contributed by atoms with Gasteiger partial charge in [0.05, 0.1) is 12.7 Å². The monoisotopic (exact) mass is 269 g/mol. The lowest BCUT2D eigenvalue weighted by molar-refractivity contribution is -0.0524. The average Bonchev–Trinajstić information content (AvgIpc) is 1.99. The molecule has 1 heterocycles. The number of alkyl halides is 1. The lowest BCUT2D eigenvalue weighted by Gasteiger charge is -2.37. The first kappa shape index (κ1) is 9.74. The zero-order valence-corrected chi connectivity index (χ0v) is 9.37. The molecule has 0 aromatic carbocycles. The Balaban J connectivity index is 2.38. The fraction of sp³-hybridized carbons (Fsp3) is 1.00. The van der Waals surface area contributed by atoms with Gasteiger partial charge in [-0.2, -0.15) is 0 Å². The third kappa shape index (κ3) is 2.56. The summed E-state index contributed by atoms with van der Waals surface area (Å²) in [4.78, 5) is 2.50. The van der Waals surface area contributed by atoms with E-state index in [1.807, 2.05) is 0 Å². The van der Waals surface area contributed by atoms with Gasteiger partial charge < -0.3 is 4.74 Å². The second-order valence-electron chi connectivity index (χ2n) is 3.04. The molecular weight excluding hydrogens is 253 g/mol. The molecule has 66 valence electrons. The number of ether oxygens (including phenoxy) is 1. The number of morpholine rings is 1. The van der Waals surface area contributed by atoms with E-state index in [9.17, 15) is 0 Å². The highest BCUT2D eigenvalue weighted by molar-refractivity contribution is 14.1. The summed E-state index contributed by atoms with van der Waals surface area (Å²) < 4.78 is 6.74. The summed E-state index contributed by atoms with van der Waals surface area (Å²) in [5.41, 5.74) is 0. The molecule has 0 aromatic rings. The highest BCUT2D eigenvalue weighted by atomic mass is 127. The van der Waals surface area contributed by atoms with Crippen LogP contribution in [0.3, 0.4) is 0 Å². The van der Waals surface area contributed by atoms with Crippen molar-refractivity contribution in [2.75, 3.05) is 24.1 Å². The van der Waals surface area contributed by atoms with E-state index in [-0.39, 0.29) is 0 Å². The fourth-order valence-electron chi connectivity index (χ4n) is 1.42. The molecule has 2 unspecified atom stereocenters. The molecule has 2 nitrogen and oxygen atoms in total. The fourth-order valence-corrected chi connectivity index (χ4v) is 2.04. The molecule has 2 atom stereocenters. The highest BCUT2D eigenvalue weighted by Gasteiger charge is 2.24. The average molecular weight is 269 g/mol. The molecule has 1 rings (SSSR count). The molecule has 1 aliphatic rings. The molecule has 0 aromatic heterocycles. The molecular formula is C8H16INO. The van der Waals surface area contributed by atoms with Crippen LogP contribution in [0, 0.1) is 0 Å². The summed E-state index contributed by atoms with van der Waals surface area (Å²) in [6, 6.07) is 0.596. The van der Waals surface area contributed by atoms with Gasteiger partial charge in [0.2, 0.25) is 0 Å². The first-order chi connectivity index (χ1) is 5.25. The summed E-state index contributed by atoms with van der Waals surface area (Å²) in [7, 11) is 0. The Kier molecular flexibility index (Phi) is 4.09. The maximum Gasteiger partial charge on any atom is 0.0700 e. The highest BCUT2D eigenvalue weighted by Crippen LogP contribution is 2.12. The van der Waals surface area contributed by atoms with E-state index in [0.29, 0.717) is 12.1 Å². The minimum absolute atomic E-state index is 0.409. The molecule has 1 saturated heterocycles. The number of rotatable bonds is 2. The number of halogens is 1. The molecule has 0 saturated carbocycles. The van der Waals surface area contributed by atoms with E-state index < -0.39 is 0 Å². The van der Waals surface area contributed by atoms with Crippen LogP contribution in [0.1, 0.15) is 13.8 Å². The van der Waals surface area contributed by atoms with Crippen LogP contribution in [0.15, 0.2) is 0 Å². The van der Waals surface area contributed by atoms with Crippen molar-refractivity contribution in [3.05, 3.63) is 0 Å². The Hall–Kier alpha value is 0.650. The number of hydrogen-bond donors (Lipinski definition) is 0. The second kappa shape index (κ2) is 4.62. The largest absolute Gasteiger partial charge is 0.376 e. The van der Waals surface area contributed by atoms with Gasteiger partial charge in [0.15, 0.2) is 0 Å². The van der Waals surface area contributed by atoms with Crippen molar-refractivity contribution in [3.8, 4) is 0 Å². The maximum absolute atomic E-state index is 5.52. The predicted octanol–water partition coefficient (Wildman–Crippen LogP) is 1.53. The minimum Gasteiger partial charge on any atom is -0.376 e. The van der Waals surface area contributed by atoms with E-state index >= 15 is 0 Å². The van der Waals surface area contributed by atoms with Gasteiger partial charge in [0.25, 0.3) is 0 Å². The Morgan fingerprint density at radius 1 is 1.55 bits per heavy atom. The van der Waals surface area contributed by atoms with E-state index in [1.54, 1.807) is 0 Å². The predicted molar refractivity (Wildman–Crippen MR) is 55.3 cm³/mol. The van der Waals surface area contributed by atoms with Crippen molar-refractivity contribution in [2.45, 2.75) is 26.0 Å². The van der Waals surface area contributed by atoms with Gasteiger partial charge in [-0.15, -0.1) is 0 Å². The Morgan fingerprint density at radius 2 is 2.27 bits per heavy atom. The lowest BCUT2D eigenvalue weighted by Crippen LogP contribution is -2.48. The van der Waals surface area contributed by atoms with Gasteiger partial charge >= 0.3 is 0 Å². The summed E-state index contributed by atoms with van der Waals surface area (Å²) in [5.74, 6) is 0. The summed E-state index contributed by atoms with van der Waals surface area (Å²) in [6.07, 6.45) is 0.409. The first-order valence-electron chi connectivity index (χ1n) is 4.17. The molecule has 0 aliphatic carbocycles. The third-order valence-electron chi connectivity index (χ3n) is 2.39. The van der Waals surface area contributed by atoms with Gasteiger partial charge in [-0.1, -0.05) is 22.6 Å². The van der Waals surface area contributed by atoms with Gasteiger partial charge in [-0.25, -0.2) is 0 Å². The SMILES string of the molecule is CC1OCCN(CCI)C1C. The molecule has 3 heteroatoms.